The molecule has 29 heavy (non-hydrogen) atoms. The van der Waals surface area contributed by atoms with Gasteiger partial charge in [-0.05, 0) is 42.8 Å². The van der Waals surface area contributed by atoms with E-state index in [9.17, 15) is 4.79 Å². The van der Waals surface area contributed by atoms with Crippen LogP contribution in [-0.2, 0) is 11.3 Å². The van der Waals surface area contributed by atoms with Crippen molar-refractivity contribution in [1.29, 1.82) is 0 Å². The van der Waals surface area contributed by atoms with Crippen LogP contribution in [0.3, 0.4) is 0 Å². The molecular weight excluding hydrogens is 382 g/mol. The molecule has 0 aliphatic carbocycles. The van der Waals surface area contributed by atoms with Crippen molar-refractivity contribution < 1.29 is 4.79 Å². The van der Waals surface area contributed by atoms with E-state index in [1.807, 2.05) is 73.8 Å². The zero-order valence-corrected chi connectivity index (χ0v) is 16.8. The van der Waals surface area contributed by atoms with Crippen LogP contribution in [-0.4, -0.2) is 11.6 Å². The summed E-state index contributed by atoms with van der Waals surface area (Å²) >= 11 is 6.09. The van der Waals surface area contributed by atoms with E-state index >= 15 is 0 Å². The summed E-state index contributed by atoms with van der Waals surface area (Å²) in [6.07, 6.45) is 1.88. The molecule has 0 radical (unpaired) electrons. The molecule has 1 aliphatic heterocycles. The number of rotatable bonds is 5. The maximum Gasteiger partial charge on any atom is 0.282 e. The minimum absolute atomic E-state index is 0.168. The Bertz CT molecular complexity index is 1080. The molecule has 0 saturated heterocycles. The van der Waals surface area contributed by atoms with Gasteiger partial charge in [-0.2, -0.15) is 10.1 Å². The highest BCUT2D eigenvalue weighted by molar-refractivity contribution is 6.32. The second kappa shape index (κ2) is 8.33. The van der Waals surface area contributed by atoms with Gasteiger partial charge in [-0.1, -0.05) is 66.2 Å². The van der Waals surface area contributed by atoms with E-state index in [0.29, 0.717) is 28.5 Å². The van der Waals surface area contributed by atoms with Crippen molar-refractivity contribution in [2.24, 2.45) is 5.10 Å². The van der Waals surface area contributed by atoms with Gasteiger partial charge in [0.15, 0.2) is 0 Å². The summed E-state index contributed by atoms with van der Waals surface area (Å²) in [6.45, 7) is 2.49. The van der Waals surface area contributed by atoms with Crippen LogP contribution in [0.1, 0.15) is 12.5 Å². The molecule has 3 aromatic rings. The third-order valence-electron chi connectivity index (χ3n) is 4.68. The van der Waals surface area contributed by atoms with Crippen molar-refractivity contribution in [3.05, 3.63) is 107 Å². The van der Waals surface area contributed by atoms with E-state index in [1.165, 1.54) is 5.01 Å². The van der Waals surface area contributed by atoms with Crippen molar-refractivity contribution in [2.45, 2.75) is 13.5 Å². The van der Waals surface area contributed by atoms with Gasteiger partial charge in [-0.15, -0.1) is 0 Å². The fraction of sp³-hybridized carbons (Fsp3) is 0.0833. The van der Waals surface area contributed by atoms with Crippen molar-refractivity contribution in [3.63, 3.8) is 0 Å². The summed E-state index contributed by atoms with van der Waals surface area (Å²) < 4.78 is 0. The Hall–Kier alpha value is -3.37. The van der Waals surface area contributed by atoms with Crippen LogP contribution in [0.15, 0.2) is 102 Å². The maximum absolute atomic E-state index is 13.1. The van der Waals surface area contributed by atoms with Crippen molar-refractivity contribution in [3.8, 4) is 0 Å². The zero-order chi connectivity index (χ0) is 20.2. The third-order valence-corrected chi connectivity index (χ3v) is 4.92. The Labute approximate surface area is 175 Å². The first-order valence-electron chi connectivity index (χ1n) is 9.35. The lowest BCUT2D eigenvalue weighted by Gasteiger charge is -2.22. The van der Waals surface area contributed by atoms with Gasteiger partial charge in [0, 0.05) is 23.5 Å². The number of anilines is 2. The SMILES string of the molecule is CC1=NN(c2cccc(Cl)c2)C(=O)C1=CN(Cc1ccccc1)c1ccccc1. The predicted molar refractivity (Wildman–Crippen MR) is 119 cm³/mol. The first-order chi connectivity index (χ1) is 14.1. The van der Waals surface area contributed by atoms with Gasteiger partial charge in [-0.25, -0.2) is 0 Å². The molecule has 0 atom stereocenters. The second-order valence-corrected chi connectivity index (χ2v) is 7.21. The fourth-order valence-electron chi connectivity index (χ4n) is 3.22. The number of hydrazone groups is 1. The molecule has 3 aromatic carbocycles. The molecule has 1 amide bonds. The van der Waals surface area contributed by atoms with E-state index in [-0.39, 0.29) is 5.91 Å². The summed E-state index contributed by atoms with van der Waals surface area (Å²) in [5.74, 6) is -0.168. The van der Waals surface area contributed by atoms with E-state index in [1.54, 1.807) is 12.1 Å². The minimum Gasteiger partial charge on any atom is -0.343 e. The molecule has 0 unspecified atom stereocenters. The van der Waals surface area contributed by atoms with Crippen LogP contribution in [0.5, 0.6) is 0 Å². The van der Waals surface area contributed by atoms with Gasteiger partial charge in [0.25, 0.3) is 5.91 Å². The first-order valence-corrected chi connectivity index (χ1v) is 9.72. The van der Waals surface area contributed by atoms with Crippen LogP contribution >= 0.6 is 11.6 Å². The van der Waals surface area contributed by atoms with Crippen LogP contribution in [0.25, 0.3) is 0 Å². The standard InChI is InChI=1S/C24H20ClN3O/c1-18-23(24(29)28(26-18)22-14-8-11-20(25)15-22)17-27(21-12-6-3-7-13-21)16-19-9-4-2-5-10-19/h2-15,17H,16H2,1H3. The molecular formula is C24H20ClN3O. The number of nitrogens with zero attached hydrogens (tertiary/aromatic N) is 3. The summed E-state index contributed by atoms with van der Waals surface area (Å²) in [6, 6.07) is 27.3. The van der Waals surface area contributed by atoms with Gasteiger partial charge < -0.3 is 4.90 Å². The van der Waals surface area contributed by atoms with Crippen LogP contribution < -0.4 is 9.91 Å². The van der Waals surface area contributed by atoms with Crippen LogP contribution in [0.2, 0.25) is 5.02 Å². The number of amides is 1. The summed E-state index contributed by atoms with van der Waals surface area (Å²) in [7, 11) is 0. The lowest BCUT2D eigenvalue weighted by molar-refractivity contribution is -0.114. The van der Waals surface area contributed by atoms with Gasteiger partial charge in [0.1, 0.15) is 0 Å². The molecule has 144 valence electrons. The van der Waals surface area contributed by atoms with Crippen LogP contribution in [0, 0.1) is 0 Å². The number of carbonyl (C=O) groups is 1. The number of para-hydroxylation sites is 1. The van der Waals surface area contributed by atoms with Crippen molar-refractivity contribution in [2.75, 3.05) is 9.91 Å². The average molecular weight is 402 g/mol. The summed E-state index contributed by atoms with van der Waals surface area (Å²) in [5, 5.41) is 6.43. The molecule has 5 heteroatoms. The Morgan fingerprint density at radius 3 is 2.34 bits per heavy atom. The molecule has 0 fully saturated rings. The first kappa shape index (κ1) is 19.0. The monoisotopic (exact) mass is 401 g/mol. The molecule has 0 spiro atoms. The number of benzene rings is 3. The predicted octanol–water partition coefficient (Wildman–Crippen LogP) is 5.65. The molecule has 0 aromatic heterocycles. The van der Waals surface area contributed by atoms with Crippen molar-refractivity contribution in [1.82, 2.24) is 0 Å². The number of carbonyl (C=O) groups excluding carboxylic acids is 1. The molecule has 0 bridgehead atoms. The Morgan fingerprint density at radius 2 is 1.66 bits per heavy atom. The van der Waals surface area contributed by atoms with Crippen LogP contribution in [0.4, 0.5) is 11.4 Å². The molecule has 1 aliphatic rings. The average Bonchev–Trinajstić information content (AvgIpc) is 3.03. The highest BCUT2D eigenvalue weighted by atomic mass is 35.5. The molecule has 4 rings (SSSR count). The van der Waals surface area contributed by atoms with Gasteiger partial charge in [-0.3, -0.25) is 4.79 Å². The van der Waals surface area contributed by atoms with E-state index < -0.39 is 0 Å². The molecule has 1 heterocycles. The van der Waals surface area contributed by atoms with Gasteiger partial charge in [0.05, 0.1) is 17.0 Å². The summed E-state index contributed by atoms with van der Waals surface area (Å²) in [4.78, 5) is 15.2. The largest absolute Gasteiger partial charge is 0.343 e. The number of hydrogen-bond acceptors (Lipinski definition) is 3. The third kappa shape index (κ3) is 4.23. The maximum atomic E-state index is 13.1. The Balaban J connectivity index is 1.68. The summed E-state index contributed by atoms with van der Waals surface area (Å²) in [5.41, 5.74) is 4.04. The Morgan fingerprint density at radius 1 is 0.966 bits per heavy atom. The quantitative estimate of drug-likeness (QED) is 0.517. The smallest absolute Gasteiger partial charge is 0.282 e. The topological polar surface area (TPSA) is 35.9 Å². The van der Waals surface area contributed by atoms with Gasteiger partial charge >= 0.3 is 0 Å². The van der Waals surface area contributed by atoms with E-state index in [2.05, 4.69) is 22.1 Å². The van der Waals surface area contributed by atoms with E-state index in [4.69, 9.17) is 11.6 Å². The van der Waals surface area contributed by atoms with Gasteiger partial charge in [0.2, 0.25) is 0 Å². The minimum atomic E-state index is -0.168. The highest BCUT2D eigenvalue weighted by Gasteiger charge is 2.29. The number of halogens is 1. The molecule has 0 N–H and O–H groups in total. The zero-order valence-electron chi connectivity index (χ0n) is 16.0. The molecule has 4 nitrogen and oxygen atoms in total. The van der Waals surface area contributed by atoms with E-state index in [0.717, 1.165) is 11.3 Å². The fourth-order valence-corrected chi connectivity index (χ4v) is 3.40. The second-order valence-electron chi connectivity index (χ2n) is 6.77. The number of hydrogen-bond donors (Lipinski definition) is 0. The highest BCUT2D eigenvalue weighted by Crippen LogP contribution is 2.27. The Kier molecular flexibility index (Phi) is 5.45. The van der Waals surface area contributed by atoms with Crippen molar-refractivity contribution >= 4 is 34.6 Å². The molecule has 0 saturated carbocycles. The normalized spacial score (nSPS) is 15.0. The lowest BCUT2D eigenvalue weighted by Crippen LogP contribution is -2.24. The lowest BCUT2D eigenvalue weighted by atomic mass is 10.1.